The Bertz CT molecular complexity index is 526. The van der Waals surface area contributed by atoms with E-state index in [-0.39, 0.29) is 12.6 Å². The minimum atomic E-state index is -0.559. The number of hydrogen-bond acceptors (Lipinski definition) is 5. The molecule has 1 heterocycles. The first kappa shape index (κ1) is 21.3. The number of amides is 2. The van der Waals surface area contributed by atoms with Crippen LogP contribution in [0.3, 0.4) is 0 Å². The molecule has 1 aromatic heterocycles. The molecule has 1 aromatic rings. The first-order chi connectivity index (χ1) is 11.7. The highest BCUT2D eigenvalue weighted by molar-refractivity contribution is 7.09. The molecule has 1 rings (SSSR count). The largest absolute Gasteiger partial charge is 0.447 e. The lowest BCUT2D eigenvalue weighted by Crippen LogP contribution is -2.42. The zero-order valence-electron chi connectivity index (χ0n) is 15.8. The van der Waals surface area contributed by atoms with Crippen LogP contribution in [-0.2, 0) is 16.0 Å². The summed E-state index contributed by atoms with van der Waals surface area (Å²) in [7, 11) is 1.70. The van der Waals surface area contributed by atoms with E-state index in [1.165, 1.54) is 4.90 Å². The molecule has 25 heavy (non-hydrogen) atoms. The topological polar surface area (TPSA) is 67.9 Å². The fraction of sp³-hybridized carbons (Fsp3) is 0.667. The summed E-state index contributed by atoms with van der Waals surface area (Å²) in [6.45, 7) is 8.15. The number of rotatable bonds is 8. The van der Waals surface area contributed by atoms with Crippen molar-refractivity contribution in [1.29, 1.82) is 0 Å². The van der Waals surface area contributed by atoms with Gasteiger partial charge in [0.15, 0.2) is 0 Å². The zero-order chi connectivity index (χ0) is 18.9. The van der Waals surface area contributed by atoms with Crippen LogP contribution in [0.4, 0.5) is 9.59 Å². The number of nitrogens with one attached hydrogen (secondary N) is 1. The highest BCUT2D eigenvalue weighted by Gasteiger charge is 2.21. The number of ether oxygens (including phenoxy) is 2. The van der Waals surface area contributed by atoms with E-state index in [4.69, 9.17) is 9.47 Å². The Kier molecular flexibility index (Phi) is 8.75. The second kappa shape index (κ2) is 10.3. The number of carbonyl (C=O) groups is 2. The monoisotopic (exact) mass is 370 g/mol. The van der Waals surface area contributed by atoms with Crippen molar-refractivity contribution >= 4 is 23.5 Å². The van der Waals surface area contributed by atoms with Gasteiger partial charge in [-0.2, -0.15) is 0 Å². The van der Waals surface area contributed by atoms with E-state index < -0.39 is 17.8 Å². The molecular formula is C18H30N2O4S. The first-order valence-electron chi connectivity index (χ1n) is 8.61. The molecule has 0 aliphatic heterocycles. The Balaban J connectivity index is 2.47. The quantitative estimate of drug-likeness (QED) is 0.736. The van der Waals surface area contributed by atoms with Crippen molar-refractivity contribution < 1.29 is 19.1 Å². The molecule has 142 valence electrons. The minimum Gasteiger partial charge on any atom is -0.447 e. The molecular weight excluding hydrogens is 340 g/mol. The molecule has 0 unspecified atom stereocenters. The molecule has 6 nitrogen and oxygen atoms in total. The Hall–Kier alpha value is -1.76. The highest BCUT2D eigenvalue weighted by Crippen LogP contribution is 2.12. The van der Waals surface area contributed by atoms with E-state index in [2.05, 4.69) is 12.2 Å². The summed E-state index contributed by atoms with van der Waals surface area (Å²) in [4.78, 5) is 26.7. The van der Waals surface area contributed by atoms with Gasteiger partial charge in [0.05, 0.1) is 12.6 Å². The lowest BCUT2D eigenvalue weighted by molar-refractivity contribution is 0.0451. The van der Waals surface area contributed by atoms with E-state index in [1.807, 2.05) is 38.3 Å². The second-order valence-electron chi connectivity index (χ2n) is 7.00. The fourth-order valence-corrected chi connectivity index (χ4v) is 2.86. The van der Waals surface area contributed by atoms with E-state index in [9.17, 15) is 9.59 Å². The molecule has 1 atom stereocenters. The smallest absolute Gasteiger partial charge is 0.409 e. The molecule has 0 aromatic carbocycles. The summed E-state index contributed by atoms with van der Waals surface area (Å²) < 4.78 is 10.6. The van der Waals surface area contributed by atoms with Gasteiger partial charge < -0.3 is 19.7 Å². The standard InChI is InChI=1S/C18H30N2O4S/c1-6-7-9-14(19-16(21)24-18(2,3)4)13-23-17(22)20(5)12-15-10-8-11-25-15/h8,10-11,14H,6-7,9,12-13H2,1-5H3,(H,19,21)/t14-/m1/s1. The summed E-state index contributed by atoms with van der Waals surface area (Å²) >= 11 is 1.59. The fourth-order valence-electron chi connectivity index (χ4n) is 2.10. The van der Waals surface area contributed by atoms with Crippen LogP contribution in [0.1, 0.15) is 51.8 Å². The molecule has 0 bridgehead atoms. The van der Waals surface area contributed by atoms with Crippen LogP contribution in [0.15, 0.2) is 17.5 Å². The zero-order valence-corrected chi connectivity index (χ0v) is 16.6. The van der Waals surface area contributed by atoms with Gasteiger partial charge in [-0.05, 0) is 38.6 Å². The third-order valence-corrected chi connectivity index (χ3v) is 4.18. The van der Waals surface area contributed by atoms with Gasteiger partial charge in [0, 0.05) is 11.9 Å². The molecule has 1 N–H and O–H groups in total. The summed E-state index contributed by atoms with van der Waals surface area (Å²) in [5.74, 6) is 0. The Morgan fingerprint density at radius 3 is 2.64 bits per heavy atom. The number of alkyl carbamates (subject to hydrolysis) is 1. The molecule has 0 aliphatic rings. The molecule has 0 radical (unpaired) electrons. The summed E-state index contributed by atoms with van der Waals surface area (Å²) in [5.41, 5.74) is -0.559. The maximum atomic E-state index is 12.1. The van der Waals surface area contributed by atoms with Gasteiger partial charge in [-0.1, -0.05) is 25.8 Å². The predicted molar refractivity (Wildman–Crippen MR) is 99.8 cm³/mol. The van der Waals surface area contributed by atoms with Crippen molar-refractivity contribution in [2.75, 3.05) is 13.7 Å². The third-order valence-electron chi connectivity index (χ3n) is 3.32. The predicted octanol–water partition coefficient (Wildman–Crippen LogP) is 4.40. The van der Waals surface area contributed by atoms with Gasteiger partial charge in [0.2, 0.25) is 0 Å². The van der Waals surface area contributed by atoms with Gasteiger partial charge in [0.25, 0.3) is 0 Å². The molecule has 0 spiro atoms. The summed E-state index contributed by atoms with van der Waals surface area (Å²) in [6.07, 6.45) is 1.77. The molecule has 2 amide bonds. The van der Waals surface area contributed by atoms with E-state index in [1.54, 1.807) is 18.4 Å². The summed E-state index contributed by atoms with van der Waals surface area (Å²) in [6, 6.07) is 3.67. The first-order valence-corrected chi connectivity index (χ1v) is 9.49. The Labute approximate surface area is 154 Å². The molecule has 0 saturated carbocycles. The Morgan fingerprint density at radius 1 is 1.36 bits per heavy atom. The van der Waals surface area contributed by atoms with Crippen LogP contribution in [0.2, 0.25) is 0 Å². The van der Waals surface area contributed by atoms with Gasteiger partial charge >= 0.3 is 12.2 Å². The average molecular weight is 371 g/mol. The van der Waals surface area contributed by atoms with Gasteiger partial charge in [-0.25, -0.2) is 9.59 Å². The van der Waals surface area contributed by atoms with Crippen LogP contribution in [0.5, 0.6) is 0 Å². The lowest BCUT2D eigenvalue weighted by Gasteiger charge is -2.24. The van der Waals surface area contributed by atoms with Crippen LogP contribution in [0.25, 0.3) is 0 Å². The maximum absolute atomic E-state index is 12.1. The maximum Gasteiger partial charge on any atom is 0.409 e. The lowest BCUT2D eigenvalue weighted by atomic mass is 10.1. The van der Waals surface area contributed by atoms with Crippen molar-refractivity contribution in [2.24, 2.45) is 0 Å². The van der Waals surface area contributed by atoms with E-state index in [0.29, 0.717) is 6.54 Å². The Morgan fingerprint density at radius 2 is 2.08 bits per heavy atom. The van der Waals surface area contributed by atoms with Gasteiger partial charge in [-0.15, -0.1) is 11.3 Å². The van der Waals surface area contributed by atoms with Gasteiger partial charge in [0.1, 0.15) is 12.2 Å². The van der Waals surface area contributed by atoms with E-state index >= 15 is 0 Å². The summed E-state index contributed by atoms with van der Waals surface area (Å²) in [5, 5.41) is 4.77. The number of thiophene rings is 1. The average Bonchev–Trinajstić information content (AvgIpc) is 3.00. The number of carbonyl (C=O) groups excluding carboxylic acids is 2. The van der Waals surface area contributed by atoms with Crippen molar-refractivity contribution in [1.82, 2.24) is 10.2 Å². The van der Waals surface area contributed by atoms with Crippen LogP contribution in [-0.4, -0.2) is 42.4 Å². The second-order valence-corrected chi connectivity index (χ2v) is 8.03. The number of nitrogens with zero attached hydrogens (tertiary/aromatic N) is 1. The van der Waals surface area contributed by atoms with Crippen molar-refractivity contribution in [3.05, 3.63) is 22.4 Å². The van der Waals surface area contributed by atoms with Crippen molar-refractivity contribution in [3.63, 3.8) is 0 Å². The van der Waals surface area contributed by atoms with Gasteiger partial charge in [-0.3, -0.25) is 0 Å². The van der Waals surface area contributed by atoms with Crippen LogP contribution < -0.4 is 5.32 Å². The van der Waals surface area contributed by atoms with Crippen molar-refractivity contribution in [3.8, 4) is 0 Å². The van der Waals surface area contributed by atoms with E-state index in [0.717, 1.165) is 24.1 Å². The SMILES string of the molecule is CCCC[C@H](COC(=O)N(C)Cc1cccs1)NC(=O)OC(C)(C)C. The molecule has 7 heteroatoms. The van der Waals surface area contributed by atoms with Crippen LogP contribution >= 0.6 is 11.3 Å². The number of hydrogen-bond donors (Lipinski definition) is 1. The normalized spacial score (nSPS) is 12.4. The molecule has 0 aliphatic carbocycles. The van der Waals surface area contributed by atoms with Crippen molar-refractivity contribution in [2.45, 2.75) is 65.1 Å². The minimum absolute atomic E-state index is 0.132. The highest BCUT2D eigenvalue weighted by atomic mass is 32.1. The third kappa shape index (κ3) is 9.34. The van der Waals surface area contributed by atoms with Crippen LogP contribution in [0, 0.1) is 0 Å². The number of unbranched alkanes of at least 4 members (excludes halogenated alkanes) is 1. The molecule has 0 saturated heterocycles. The molecule has 0 fully saturated rings.